The Morgan fingerprint density at radius 2 is 1.33 bits per heavy atom. The van der Waals surface area contributed by atoms with Gasteiger partial charge in [-0.3, -0.25) is 9.80 Å². The van der Waals surface area contributed by atoms with Crippen molar-refractivity contribution in [3.05, 3.63) is 0 Å². The summed E-state index contributed by atoms with van der Waals surface area (Å²) in [6.07, 6.45) is 0.904. The topological polar surface area (TPSA) is 47.1 Å². The lowest BCUT2D eigenvalue weighted by atomic mass is 10.0. The number of piperidine rings is 2. The van der Waals surface area contributed by atoms with Crippen LogP contribution in [0.4, 0.5) is 8.78 Å². The summed E-state index contributed by atoms with van der Waals surface area (Å²) in [7, 11) is -3.60. The fourth-order valence-electron chi connectivity index (χ4n) is 4.26. The smallest absolute Gasteiger partial charge is 0.281 e. The van der Waals surface area contributed by atoms with E-state index in [0.29, 0.717) is 25.2 Å². The quantitative estimate of drug-likeness (QED) is 0.683. The minimum atomic E-state index is -3.60. The van der Waals surface area contributed by atoms with E-state index in [1.807, 2.05) is 0 Å². The first-order chi connectivity index (χ1) is 12.2. The molecule has 0 radical (unpaired) electrons. The van der Waals surface area contributed by atoms with Gasteiger partial charge in [0.25, 0.3) is 16.1 Å². The molecule has 3 aliphatic rings. The molecular formula is C17H33ClF2N4O2S. The molecule has 0 aromatic carbocycles. The van der Waals surface area contributed by atoms with E-state index in [2.05, 4.69) is 23.6 Å². The van der Waals surface area contributed by atoms with Gasteiger partial charge in [0.1, 0.15) is 0 Å². The van der Waals surface area contributed by atoms with Gasteiger partial charge in [-0.05, 0) is 26.7 Å². The monoisotopic (exact) mass is 430 g/mol. The van der Waals surface area contributed by atoms with E-state index in [1.54, 1.807) is 0 Å². The molecule has 0 amide bonds. The van der Waals surface area contributed by atoms with Gasteiger partial charge in [0.2, 0.25) is 0 Å². The van der Waals surface area contributed by atoms with Gasteiger partial charge in [-0.25, -0.2) is 8.78 Å². The zero-order valence-electron chi connectivity index (χ0n) is 16.3. The molecule has 3 saturated heterocycles. The van der Waals surface area contributed by atoms with E-state index >= 15 is 0 Å². The van der Waals surface area contributed by atoms with Crippen LogP contribution in [0.5, 0.6) is 0 Å². The summed E-state index contributed by atoms with van der Waals surface area (Å²) in [4.78, 5) is 4.96. The first-order valence-corrected chi connectivity index (χ1v) is 11.2. The molecule has 3 rings (SSSR count). The van der Waals surface area contributed by atoms with Crippen molar-refractivity contribution in [2.24, 2.45) is 0 Å². The van der Waals surface area contributed by atoms with Gasteiger partial charge in [0, 0.05) is 77.3 Å². The molecule has 3 heterocycles. The standard InChI is InChI=1S/C17H32F2N4O2S.ClH/c1-15(2)20-11-13-21(14-12-20)16-3-7-22(8-4-16)26(24,25)23-9-5-17(18,19)6-10-23;/h15-16H,3-14H2,1-2H3;1H. The number of hydrogen-bond acceptors (Lipinski definition) is 4. The zero-order chi connectivity index (χ0) is 18.9. The summed E-state index contributed by atoms with van der Waals surface area (Å²) in [5, 5.41) is 0. The number of halogens is 3. The van der Waals surface area contributed by atoms with Crippen LogP contribution in [0.25, 0.3) is 0 Å². The number of rotatable bonds is 4. The molecule has 3 fully saturated rings. The second kappa shape index (κ2) is 9.17. The molecule has 0 bridgehead atoms. The third kappa shape index (κ3) is 5.51. The van der Waals surface area contributed by atoms with Crippen molar-refractivity contribution in [1.29, 1.82) is 0 Å². The minimum Gasteiger partial charge on any atom is -0.298 e. The van der Waals surface area contributed by atoms with Crippen LogP contribution in [-0.2, 0) is 10.2 Å². The molecule has 0 spiro atoms. The zero-order valence-corrected chi connectivity index (χ0v) is 18.0. The minimum absolute atomic E-state index is 0. The van der Waals surface area contributed by atoms with Gasteiger partial charge >= 0.3 is 0 Å². The van der Waals surface area contributed by atoms with Crippen molar-refractivity contribution in [1.82, 2.24) is 18.4 Å². The average Bonchev–Trinajstić information content (AvgIpc) is 2.61. The maximum Gasteiger partial charge on any atom is 0.281 e. The van der Waals surface area contributed by atoms with Crippen LogP contribution < -0.4 is 0 Å². The molecule has 10 heteroatoms. The molecule has 6 nitrogen and oxygen atoms in total. The SMILES string of the molecule is CC(C)N1CCN(C2CCN(S(=O)(=O)N3CCC(F)(F)CC3)CC2)CC1.Cl. The Kier molecular flexibility index (Phi) is 7.89. The Morgan fingerprint density at radius 3 is 1.81 bits per heavy atom. The average molecular weight is 431 g/mol. The highest BCUT2D eigenvalue weighted by Crippen LogP contribution is 2.30. The molecule has 160 valence electrons. The number of alkyl halides is 2. The van der Waals surface area contributed by atoms with Gasteiger partial charge in [-0.15, -0.1) is 12.4 Å². The Balaban J connectivity index is 0.00000261. The van der Waals surface area contributed by atoms with Gasteiger partial charge < -0.3 is 0 Å². The van der Waals surface area contributed by atoms with Crippen LogP contribution in [-0.4, -0.2) is 97.2 Å². The van der Waals surface area contributed by atoms with E-state index in [0.717, 1.165) is 39.0 Å². The molecule has 3 aliphatic heterocycles. The molecule has 0 aromatic heterocycles. The maximum atomic E-state index is 13.3. The van der Waals surface area contributed by atoms with E-state index in [9.17, 15) is 17.2 Å². The predicted molar refractivity (Wildman–Crippen MR) is 105 cm³/mol. The molecule has 0 saturated carbocycles. The third-order valence-electron chi connectivity index (χ3n) is 6.13. The number of piperazine rings is 1. The van der Waals surface area contributed by atoms with Crippen molar-refractivity contribution in [3.63, 3.8) is 0 Å². The molecular weight excluding hydrogens is 398 g/mol. The Morgan fingerprint density at radius 1 is 0.852 bits per heavy atom. The number of hydrogen-bond donors (Lipinski definition) is 0. The van der Waals surface area contributed by atoms with Crippen LogP contribution in [0.15, 0.2) is 0 Å². The number of nitrogens with zero attached hydrogens (tertiary/aromatic N) is 4. The van der Waals surface area contributed by atoms with Crippen molar-refractivity contribution in [3.8, 4) is 0 Å². The summed E-state index contributed by atoms with van der Waals surface area (Å²) >= 11 is 0. The van der Waals surface area contributed by atoms with Crippen molar-refractivity contribution < 1.29 is 17.2 Å². The van der Waals surface area contributed by atoms with E-state index in [1.165, 1.54) is 8.61 Å². The lowest BCUT2D eigenvalue weighted by Gasteiger charge is -2.44. The Hall–Kier alpha value is -0.0600. The van der Waals surface area contributed by atoms with Crippen LogP contribution in [0.2, 0.25) is 0 Å². The maximum absolute atomic E-state index is 13.3. The Labute approximate surface area is 168 Å². The van der Waals surface area contributed by atoms with Gasteiger partial charge in [0.05, 0.1) is 0 Å². The normalized spacial score (nSPS) is 27.6. The summed E-state index contributed by atoms with van der Waals surface area (Å²) in [6.45, 7) is 9.47. The summed E-state index contributed by atoms with van der Waals surface area (Å²) < 4.78 is 54.8. The summed E-state index contributed by atoms with van der Waals surface area (Å²) in [6, 6.07) is 1.00. The van der Waals surface area contributed by atoms with Crippen molar-refractivity contribution >= 4 is 22.6 Å². The fourth-order valence-corrected chi connectivity index (χ4v) is 5.91. The van der Waals surface area contributed by atoms with Crippen molar-refractivity contribution in [2.75, 3.05) is 52.4 Å². The second-order valence-electron chi connectivity index (χ2n) is 8.06. The van der Waals surface area contributed by atoms with E-state index in [-0.39, 0.29) is 38.3 Å². The predicted octanol–water partition coefficient (Wildman–Crippen LogP) is 1.87. The second-order valence-corrected chi connectivity index (χ2v) is 9.99. The van der Waals surface area contributed by atoms with Crippen LogP contribution >= 0.6 is 12.4 Å². The molecule has 0 aliphatic carbocycles. The van der Waals surface area contributed by atoms with Crippen molar-refractivity contribution in [2.45, 2.75) is 57.5 Å². The first kappa shape index (κ1) is 23.2. The fraction of sp³-hybridized carbons (Fsp3) is 1.00. The van der Waals surface area contributed by atoms with Crippen LogP contribution in [0.1, 0.15) is 39.5 Å². The van der Waals surface area contributed by atoms with Gasteiger partial charge in [-0.1, -0.05) is 0 Å². The summed E-state index contributed by atoms with van der Waals surface area (Å²) in [5.41, 5.74) is 0. The largest absolute Gasteiger partial charge is 0.298 e. The lowest BCUT2D eigenvalue weighted by Crippen LogP contribution is -2.56. The molecule has 27 heavy (non-hydrogen) atoms. The first-order valence-electron chi connectivity index (χ1n) is 9.80. The molecule has 0 unspecified atom stereocenters. The lowest BCUT2D eigenvalue weighted by molar-refractivity contribution is -0.0421. The van der Waals surface area contributed by atoms with Gasteiger partial charge in [0.15, 0.2) is 0 Å². The van der Waals surface area contributed by atoms with Crippen LogP contribution in [0.3, 0.4) is 0 Å². The third-order valence-corrected chi connectivity index (χ3v) is 8.16. The Bertz CT molecular complexity index is 567. The van der Waals surface area contributed by atoms with E-state index < -0.39 is 16.1 Å². The molecule has 0 aromatic rings. The summed E-state index contributed by atoms with van der Waals surface area (Å²) in [5.74, 6) is -2.73. The van der Waals surface area contributed by atoms with E-state index in [4.69, 9.17) is 0 Å². The highest BCUT2D eigenvalue weighted by molar-refractivity contribution is 7.86. The van der Waals surface area contributed by atoms with Crippen LogP contribution in [0, 0.1) is 0 Å². The highest BCUT2D eigenvalue weighted by atomic mass is 35.5. The molecule has 0 N–H and O–H groups in total. The molecule has 0 atom stereocenters. The van der Waals surface area contributed by atoms with Gasteiger partial charge in [-0.2, -0.15) is 17.0 Å². The highest BCUT2D eigenvalue weighted by Gasteiger charge is 2.41.